The second-order valence-corrected chi connectivity index (χ2v) is 7.76. The molecule has 1 fully saturated rings. The number of benzene rings is 2. The maximum Gasteiger partial charge on any atom is 0.223 e. The molecule has 1 amide bonds. The van der Waals surface area contributed by atoms with Gasteiger partial charge in [0.1, 0.15) is 6.04 Å². The molecule has 0 saturated carbocycles. The summed E-state index contributed by atoms with van der Waals surface area (Å²) in [6.45, 7) is 3.73. The van der Waals surface area contributed by atoms with E-state index in [2.05, 4.69) is 77.7 Å². The lowest BCUT2D eigenvalue weighted by Gasteiger charge is -2.37. The Morgan fingerprint density at radius 1 is 0.963 bits per heavy atom. The number of piperazine rings is 1. The van der Waals surface area contributed by atoms with Gasteiger partial charge in [0, 0.05) is 17.5 Å². The van der Waals surface area contributed by atoms with Crippen molar-refractivity contribution < 1.29 is 9.69 Å². The van der Waals surface area contributed by atoms with E-state index in [4.69, 9.17) is 0 Å². The van der Waals surface area contributed by atoms with Gasteiger partial charge < -0.3 is 9.80 Å². The van der Waals surface area contributed by atoms with Crippen LogP contribution in [-0.2, 0) is 4.79 Å². The summed E-state index contributed by atoms with van der Waals surface area (Å²) < 4.78 is 0. The summed E-state index contributed by atoms with van der Waals surface area (Å²) >= 11 is 0. The molecule has 2 aliphatic rings. The van der Waals surface area contributed by atoms with Gasteiger partial charge >= 0.3 is 0 Å². The highest BCUT2D eigenvalue weighted by Crippen LogP contribution is 2.22. The Morgan fingerprint density at radius 3 is 2.07 bits per heavy atom. The predicted molar refractivity (Wildman–Crippen MR) is 108 cm³/mol. The molecule has 1 atom stereocenters. The fourth-order valence-electron chi connectivity index (χ4n) is 4.51. The second kappa shape index (κ2) is 8.53. The van der Waals surface area contributed by atoms with Gasteiger partial charge in [-0.25, -0.2) is 0 Å². The van der Waals surface area contributed by atoms with Crippen LogP contribution in [0.25, 0.3) is 0 Å². The van der Waals surface area contributed by atoms with Gasteiger partial charge in [-0.2, -0.15) is 0 Å². The fourth-order valence-corrected chi connectivity index (χ4v) is 4.51. The predicted octanol–water partition coefficient (Wildman–Crippen LogP) is 2.86. The number of rotatable bonds is 5. The molecule has 3 heteroatoms. The molecule has 140 valence electrons. The summed E-state index contributed by atoms with van der Waals surface area (Å²) in [6, 6.07) is 21.9. The number of hydrogen-bond acceptors (Lipinski definition) is 1. The van der Waals surface area contributed by atoms with Crippen LogP contribution in [0.2, 0.25) is 0 Å². The first-order valence-corrected chi connectivity index (χ1v) is 10.2. The van der Waals surface area contributed by atoms with E-state index >= 15 is 0 Å². The minimum absolute atomic E-state index is 0.335. The lowest BCUT2D eigenvalue weighted by atomic mass is 9.96. The molecule has 27 heavy (non-hydrogen) atoms. The SMILES string of the molecule is O=C(C[C@@H]1C=CCC1)N1CC[NH+](C(c2ccccc2)c2ccccc2)CC1. The summed E-state index contributed by atoms with van der Waals surface area (Å²) in [4.78, 5) is 16.3. The second-order valence-electron chi connectivity index (χ2n) is 7.76. The van der Waals surface area contributed by atoms with Crippen LogP contribution in [0.1, 0.15) is 36.4 Å². The Hall–Kier alpha value is -2.39. The van der Waals surface area contributed by atoms with Gasteiger partial charge in [0.15, 0.2) is 0 Å². The van der Waals surface area contributed by atoms with Crippen molar-refractivity contribution in [2.75, 3.05) is 26.2 Å². The Labute approximate surface area is 162 Å². The Bertz CT molecular complexity index is 724. The molecule has 4 rings (SSSR count). The summed E-state index contributed by atoms with van der Waals surface area (Å²) in [5.41, 5.74) is 2.71. The quantitative estimate of drug-likeness (QED) is 0.814. The van der Waals surface area contributed by atoms with Crippen molar-refractivity contribution >= 4 is 5.91 Å². The molecule has 0 bridgehead atoms. The van der Waals surface area contributed by atoms with E-state index in [1.165, 1.54) is 11.1 Å². The summed E-state index contributed by atoms with van der Waals surface area (Å²) in [5, 5.41) is 0. The summed E-state index contributed by atoms with van der Waals surface area (Å²) in [5.74, 6) is 0.797. The number of quaternary nitrogens is 1. The maximum atomic E-state index is 12.7. The number of carbonyl (C=O) groups is 1. The average Bonchev–Trinajstić information content (AvgIpc) is 3.23. The molecular formula is C24H29N2O+. The van der Waals surface area contributed by atoms with Crippen LogP contribution in [0, 0.1) is 5.92 Å². The van der Waals surface area contributed by atoms with Crippen LogP contribution in [0.15, 0.2) is 72.8 Å². The molecule has 0 spiro atoms. The van der Waals surface area contributed by atoms with Crippen molar-refractivity contribution in [2.24, 2.45) is 5.92 Å². The van der Waals surface area contributed by atoms with Crippen LogP contribution in [0.3, 0.4) is 0 Å². The number of hydrogen-bond donors (Lipinski definition) is 1. The highest BCUT2D eigenvalue weighted by atomic mass is 16.2. The molecule has 1 aliphatic heterocycles. The van der Waals surface area contributed by atoms with E-state index in [1.807, 2.05) is 0 Å². The smallest absolute Gasteiger partial charge is 0.223 e. The number of amides is 1. The largest absolute Gasteiger partial charge is 0.331 e. The highest BCUT2D eigenvalue weighted by molar-refractivity contribution is 5.76. The first-order valence-electron chi connectivity index (χ1n) is 10.2. The first-order chi connectivity index (χ1) is 13.3. The maximum absolute atomic E-state index is 12.7. The van der Waals surface area contributed by atoms with Crippen molar-refractivity contribution in [3.8, 4) is 0 Å². The van der Waals surface area contributed by atoms with Crippen LogP contribution >= 0.6 is 0 Å². The Kier molecular flexibility index (Phi) is 5.69. The molecule has 1 aliphatic carbocycles. The van der Waals surface area contributed by atoms with Gasteiger partial charge in [0.25, 0.3) is 0 Å². The lowest BCUT2D eigenvalue weighted by molar-refractivity contribution is -0.929. The zero-order valence-electron chi connectivity index (χ0n) is 15.9. The molecule has 0 aromatic heterocycles. The molecule has 1 N–H and O–H groups in total. The van der Waals surface area contributed by atoms with Crippen molar-refractivity contribution in [1.82, 2.24) is 4.90 Å². The standard InChI is InChI=1S/C24H28N2O/c27-23(19-20-9-7-8-10-20)25-15-17-26(18-16-25)24(21-11-3-1-4-12-21)22-13-5-2-6-14-22/h1-7,9,11-14,20,24H,8,10,15-19H2/p+1/t20-/m1/s1. The van der Waals surface area contributed by atoms with Crippen LogP contribution in [0.5, 0.6) is 0 Å². The van der Waals surface area contributed by atoms with Gasteiger partial charge in [-0.05, 0) is 18.8 Å². The van der Waals surface area contributed by atoms with Gasteiger partial charge in [0.05, 0.1) is 26.2 Å². The average molecular weight is 362 g/mol. The van der Waals surface area contributed by atoms with E-state index < -0.39 is 0 Å². The van der Waals surface area contributed by atoms with Gasteiger partial charge in [-0.15, -0.1) is 0 Å². The zero-order valence-corrected chi connectivity index (χ0v) is 15.9. The number of nitrogens with one attached hydrogen (secondary N) is 1. The van der Waals surface area contributed by atoms with Crippen LogP contribution in [-0.4, -0.2) is 37.0 Å². The highest BCUT2D eigenvalue weighted by Gasteiger charge is 2.31. The normalized spacial score (nSPS) is 20.3. The molecule has 2 aromatic rings. The van der Waals surface area contributed by atoms with E-state index in [1.54, 1.807) is 4.90 Å². The van der Waals surface area contributed by atoms with Gasteiger partial charge in [-0.1, -0.05) is 72.8 Å². The topological polar surface area (TPSA) is 24.8 Å². The lowest BCUT2D eigenvalue weighted by Crippen LogP contribution is -3.15. The van der Waals surface area contributed by atoms with E-state index in [9.17, 15) is 4.79 Å². The first kappa shape index (κ1) is 18.0. The van der Waals surface area contributed by atoms with E-state index in [0.29, 0.717) is 24.3 Å². The van der Waals surface area contributed by atoms with E-state index in [0.717, 1.165) is 39.0 Å². The Balaban J connectivity index is 1.44. The van der Waals surface area contributed by atoms with Gasteiger partial charge in [-0.3, -0.25) is 4.79 Å². The minimum Gasteiger partial charge on any atom is -0.331 e. The summed E-state index contributed by atoms with van der Waals surface area (Å²) in [7, 11) is 0. The molecule has 1 heterocycles. The monoisotopic (exact) mass is 361 g/mol. The van der Waals surface area contributed by atoms with Gasteiger partial charge in [0.2, 0.25) is 5.91 Å². The van der Waals surface area contributed by atoms with Crippen LogP contribution in [0.4, 0.5) is 0 Å². The molecule has 3 nitrogen and oxygen atoms in total. The number of nitrogens with zero attached hydrogens (tertiary/aromatic N) is 1. The number of carbonyl (C=O) groups excluding carboxylic acids is 1. The Morgan fingerprint density at radius 2 is 1.56 bits per heavy atom. The van der Waals surface area contributed by atoms with Crippen molar-refractivity contribution in [1.29, 1.82) is 0 Å². The number of allylic oxidation sites excluding steroid dienone is 2. The zero-order chi connectivity index (χ0) is 18.5. The molecule has 0 radical (unpaired) electrons. The molecular weight excluding hydrogens is 332 g/mol. The van der Waals surface area contributed by atoms with E-state index in [-0.39, 0.29) is 0 Å². The van der Waals surface area contributed by atoms with Crippen molar-refractivity contribution in [3.05, 3.63) is 83.9 Å². The third-order valence-electron chi connectivity index (χ3n) is 5.98. The van der Waals surface area contributed by atoms with Crippen molar-refractivity contribution in [3.63, 3.8) is 0 Å². The minimum atomic E-state index is 0.335. The third-order valence-corrected chi connectivity index (χ3v) is 5.98. The molecule has 2 aromatic carbocycles. The van der Waals surface area contributed by atoms with Crippen LogP contribution < -0.4 is 4.90 Å². The molecule has 0 unspecified atom stereocenters. The molecule has 1 saturated heterocycles. The van der Waals surface area contributed by atoms with Crippen molar-refractivity contribution in [2.45, 2.75) is 25.3 Å². The fraction of sp³-hybridized carbons (Fsp3) is 0.375. The third kappa shape index (κ3) is 4.30. The summed E-state index contributed by atoms with van der Waals surface area (Å²) in [6.07, 6.45) is 7.39.